The average Bonchev–Trinajstić information content (AvgIpc) is 3.05. The summed E-state index contributed by atoms with van der Waals surface area (Å²) in [5.41, 5.74) is 2.08. The van der Waals surface area contributed by atoms with Crippen molar-refractivity contribution >= 4 is 55.2 Å². The Morgan fingerprint density at radius 1 is 0.964 bits per heavy atom. The summed E-state index contributed by atoms with van der Waals surface area (Å²) in [6.07, 6.45) is 0. The van der Waals surface area contributed by atoms with Crippen LogP contribution < -0.4 is 10.6 Å². The molecule has 4 rings (SSSR count). The Bertz CT molecular complexity index is 1210. The van der Waals surface area contributed by atoms with Gasteiger partial charge in [-0.2, -0.15) is 0 Å². The zero-order valence-corrected chi connectivity index (χ0v) is 16.7. The van der Waals surface area contributed by atoms with Gasteiger partial charge in [0.25, 0.3) is 5.91 Å². The Hall–Kier alpha value is -3.12. The Morgan fingerprint density at radius 3 is 2.54 bits per heavy atom. The van der Waals surface area contributed by atoms with Gasteiger partial charge in [0.1, 0.15) is 5.58 Å². The third-order valence-electron chi connectivity index (χ3n) is 4.59. The van der Waals surface area contributed by atoms with Crippen LogP contribution in [0.2, 0.25) is 0 Å². The monoisotopic (exact) mass is 436 g/mol. The SMILES string of the molecule is Cc1c(C(=O)NCC(=O)Nc2ccccc2Br)oc2c1ccc1ccccc12. The molecule has 1 aromatic heterocycles. The largest absolute Gasteiger partial charge is 0.450 e. The van der Waals surface area contributed by atoms with Crippen LogP contribution in [-0.2, 0) is 4.79 Å². The molecule has 0 saturated carbocycles. The van der Waals surface area contributed by atoms with Crippen LogP contribution in [0.1, 0.15) is 16.1 Å². The number of anilines is 1. The molecule has 0 bridgehead atoms. The van der Waals surface area contributed by atoms with E-state index in [9.17, 15) is 9.59 Å². The number of aryl methyl sites for hydroxylation is 1. The quantitative estimate of drug-likeness (QED) is 0.471. The maximum Gasteiger partial charge on any atom is 0.287 e. The summed E-state index contributed by atoms with van der Waals surface area (Å²) < 4.78 is 6.67. The molecule has 4 aromatic rings. The van der Waals surface area contributed by atoms with Crippen molar-refractivity contribution in [3.63, 3.8) is 0 Å². The summed E-state index contributed by atoms with van der Waals surface area (Å²) in [5, 5.41) is 8.27. The van der Waals surface area contributed by atoms with E-state index in [2.05, 4.69) is 26.6 Å². The van der Waals surface area contributed by atoms with E-state index < -0.39 is 5.91 Å². The second kappa shape index (κ2) is 7.48. The molecule has 0 atom stereocenters. The van der Waals surface area contributed by atoms with E-state index >= 15 is 0 Å². The van der Waals surface area contributed by atoms with Crippen molar-refractivity contribution < 1.29 is 14.0 Å². The molecule has 0 fully saturated rings. The number of carbonyl (C=O) groups is 2. The van der Waals surface area contributed by atoms with Gasteiger partial charge >= 0.3 is 0 Å². The Morgan fingerprint density at radius 2 is 1.71 bits per heavy atom. The van der Waals surface area contributed by atoms with Crippen molar-refractivity contribution in [2.75, 3.05) is 11.9 Å². The predicted octanol–water partition coefficient (Wildman–Crippen LogP) is 5.03. The molecule has 0 aliphatic rings. The maximum absolute atomic E-state index is 12.6. The minimum atomic E-state index is -0.417. The Labute approximate surface area is 169 Å². The summed E-state index contributed by atoms with van der Waals surface area (Å²) in [5.74, 6) is -0.514. The third-order valence-corrected chi connectivity index (χ3v) is 5.28. The van der Waals surface area contributed by atoms with Crippen LogP contribution in [0.4, 0.5) is 5.69 Å². The summed E-state index contributed by atoms with van der Waals surface area (Å²) in [6.45, 7) is 1.69. The number of halogens is 1. The molecule has 28 heavy (non-hydrogen) atoms. The number of para-hydroxylation sites is 1. The molecule has 0 aliphatic carbocycles. The van der Waals surface area contributed by atoms with Gasteiger partial charge in [-0.05, 0) is 40.4 Å². The van der Waals surface area contributed by atoms with Crippen molar-refractivity contribution in [3.05, 3.63) is 76.5 Å². The summed E-state index contributed by atoms with van der Waals surface area (Å²) in [7, 11) is 0. The highest BCUT2D eigenvalue weighted by molar-refractivity contribution is 9.10. The lowest BCUT2D eigenvalue weighted by Crippen LogP contribution is -2.33. The summed E-state index contributed by atoms with van der Waals surface area (Å²) in [6, 6.07) is 19.1. The number of fused-ring (bicyclic) bond motifs is 3. The van der Waals surface area contributed by atoms with Gasteiger partial charge in [-0.3, -0.25) is 9.59 Å². The molecular weight excluding hydrogens is 420 g/mol. The third kappa shape index (κ3) is 3.39. The fourth-order valence-electron chi connectivity index (χ4n) is 3.16. The van der Waals surface area contributed by atoms with Gasteiger partial charge in [0.05, 0.1) is 12.2 Å². The second-order valence-electron chi connectivity index (χ2n) is 6.43. The van der Waals surface area contributed by atoms with Crippen molar-refractivity contribution in [3.8, 4) is 0 Å². The fourth-order valence-corrected chi connectivity index (χ4v) is 3.55. The van der Waals surface area contributed by atoms with E-state index in [1.165, 1.54) is 0 Å². The topological polar surface area (TPSA) is 71.3 Å². The van der Waals surface area contributed by atoms with Gasteiger partial charge in [0, 0.05) is 20.8 Å². The number of carbonyl (C=O) groups excluding carboxylic acids is 2. The van der Waals surface area contributed by atoms with Crippen LogP contribution in [0, 0.1) is 6.92 Å². The molecule has 6 heteroatoms. The van der Waals surface area contributed by atoms with Gasteiger partial charge in [-0.15, -0.1) is 0 Å². The van der Waals surface area contributed by atoms with Gasteiger partial charge in [-0.1, -0.05) is 48.5 Å². The van der Waals surface area contributed by atoms with Gasteiger partial charge in [-0.25, -0.2) is 0 Å². The molecule has 5 nitrogen and oxygen atoms in total. The molecule has 1 heterocycles. The molecule has 0 spiro atoms. The summed E-state index contributed by atoms with van der Waals surface area (Å²) in [4.78, 5) is 24.8. The van der Waals surface area contributed by atoms with E-state index in [1.54, 1.807) is 6.07 Å². The molecule has 0 radical (unpaired) electrons. The zero-order valence-electron chi connectivity index (χ0n) is 15.1. The lowest BCUT2D eigenvalue weighted by molar-refractivity contribution is -0.115. The van der Waals surface area contributed by atoms with Crippen molar-refractivity contribution in [2.45, 2.75) is 6.92 Å². The average molecular weight is 437 g/mol. The predicted molar refractivity (Wildman–Crippen MR) is 114 cm³/mol. The molecule has 140 valence electrons. The van der Waals surface area contributed by atoms with Crippen molar-refractivity contribution in [1.29, 1.82) is 0 Å². The van der Waals surface area contributed by atoms with E-state index in [4.69, 9.17) is 4.42 Å². The van der Waals surface area contributed by atoms with Crippen LogP contribution in [0.25, 0.3) is 21.7 Å². The number of furan rings is 1. The molecule has 0 unspecified atom stereocenters. The maximum atomic E-state index is 12.6. The van der Waals surface area contributed by atoms with Crippen LogP contribution in [0.3, 0.4) is 0 Å². The zero-order chi connectivity index (χ0) is 19.7. The van der Waals surface area contributed by atoms with Crippen molar-refractivity contribution in [1.82, 2.24) is 5.32 Å². The summed E-state index contributed by atoms with van der Waals surface area (Å²) >= 11 is 3.37. The lowest BCUT2D eigenvalue weighted by Gasteiger charge is -2.07. The van der Waals surface area contributed by atoms with E-state index in [1.807, 2.05) is 61.5 Å². The number of benzene rings is 3. The van der Waals surface area contributed by atoms with Gasteiger partial charge in [0.15, 0.2) is 5.76 Å². The van der Waals surface area contributed by atoms with Gasteiger partial charge in [0.2, 0.25) is 5.91 Å². The normalized spacial score (nSPS) is 10.9. The van der Waals surface area contributed by atoms with E-state index in [-0.39, 0.29) is 18.2 Å². The number of hydrogen-bond donors (Lipinski definition) is 2. The van der Waals surface area contributed by atoms with Gasteiger partial charge < -0.3 is 15.1 Å². The Balaban J connectivity index is 1.53. The fraction of sp³-hybridized carbons (Fsp3) is 0.0909. The van der Waals surface area contributed by atoms with Crippen LogP contribution in [0.15, 0.2) is 69.6 Å². The minimum Gasteiger partial charge on any atom is -0.450 e. The first-order chi connectivity index (χ1) is 13.5. The van der Waals surface area contributed by atoms with Crippen LogP contribution >= 0.6 is 15.9 Å². The standard InChI is InChI=1S/C22H17BrN2O3/c1-13-15-11-10-14-6-2-3-7-16(14)21(15)28-20(13)22(27)24-12-19(26)25-18-9-5-4-8-17(18)23/h2-11H,12H2,1H3,(H,24,27)(H,25,26). The van der Waals surface area contributed by atoms with E-state index in [0.29, 0.717) is 11.3 Å². The molecule has 2 N–H and O–H groups in total. The Kier molecular flexibility index (Phi) is 4.88. The molecular formula is C22H17BrN2O3. The molecule has 3 aromatic carbocycles. The smallest absolute Gasteiger partial charge is 0.287 e. The highest BCUT2D eigenvalue weighted by Crippen LogP contribution is 2.31. The van der Waals surface area contributed by atoms with E-state index in [0.717, 1.165) is 26.2 Å². The lowest BCUT2D eigenvalue weighted by atomic mass is 10.1. The highest BCUT2D eigenvalue weighted by Gasteiger charge is 2.19. The van der Waals surface area contributed by atoms with Crippen LogP contribution in [-0.4, -0.2) is 18.4 Å². The number of nitrogens with one attached hydrogen (secondary N) is 2. The molecule has 0 saturated heterocycles. The molecule has 0 aliphatic heterocycles. The first kappa shape index (κ1) is 18.3. The van der Waals surface area contributed by atoms with Crippen molar-refractivity contribution in [2.24, 2.45) is 0 Å². The second-order valence-corrected chi connectivity index (χ2v) is 7.28. The number of amides is 2. The first-order valence-corrected chi connectivity index (χ1v) is 9.57. The molecule has 2 amide bonds. The highest BCUT2D eigenvalue weighted by atomic mass is 79.9. The van der Waals surface area contributed by atoms with Crippen LogP contribution in [0.5, 0.6) is 0 Å². The first-order valence-electron chi connectivity index (χ1n) is 8.78. The number of rotatable bonds is 4. The number of hydrogen-bond acceptors (Lipinski definition) is 3. The minimum absolute atomic E-state index is 0.155.